The van der Waals surface area contributed by atoms with Gasteiger partial charge < -0.3 is 4.90 Å². The van der Waals surface area contributed by atoms with Crippen LogP contribution >= 0.6 is 0 Å². The zero-order valence-electron chi connectivity index (χ0n) is 18.9. The summed E-state index contributed by atoms with van der Waals surface area (Å²) >= 11 is 0. The predicted octanol–water partition coefficient (Wildman–Crippen LogP) is 4.70. The van der Waals surface area contributed by atoms with Crippen LogP contribution in [-0.2, 0) is 0 Å². The van der Waals surface area contributed by atoms with Gasteiger partial charge in [-0.05, 0) is 31.7 Å². The van der Waals surface area contributed by atoms with Crippen molar-refractivity contribution in [3.8, 4) is 28.2 Å². The van der Waals surface area contributed by atoms with E-state index in [2.05, 4.69) is 48.9 Å². The molecule has 1 aromatic carbocycles. The first-order valence-electron chi connectivity index (χ1n) is 11.7. The number of hydrogen-bond donors (Lipinski definition) is 0. The van der Waals surface area contributed by atoms with E-state index in [-0.39, 0.29) is 6.04 Å². The van der Waals surface area contributed by atoms with Gasteiger partial charge in [-0.3, -0.25) is 4.57 Å². The van der Waals surface area contributed by atoms with Gasteiger partial charge in [-0.25, -0.2) is 9.97 Å². The maximum Gasteiger partial charge on any atom is 0.163 e. The van der Waals surface area contributed by atoms with Gasteiger partial charge in [0.05, 0.1) is 24.6 Å². The lowest BCUT2D eigenvalue weighted by atomic mass is 10.0. The summed E-state index contributed by atoms with van der Waals surface area (Å²) in [5.74, 6) is 3.48. The van der Waals surface area contributed by atoms with Gasteiger partial charge in [-0.15, -0.1) is 10.2 Å². The van der Waals surface area contributed by atoms with Gasteiger partial charge in [0.1, 0.15) is 11.5 Å². The van der Waals surface area contributed by atoms with E-state index in [1.54, 1.807) is 12.4 Å². The molecule has 0 bridgehead atoms. The highest BCUT2D eigenvalue weighted by atomic mass is 15.4. The molecule has 1 fully saturated rings. The minimum absolute atomic E-state index is 0.147. The second kappa shape index (κ2) is 8.03. The Morgan fingerprint density at radius 1 is 0.939 bits per heavy atom. The molecule has 0 amide bonds. The molecule has 8 nitrogen and oxygen atoms in total. The van der Waals surface area contributed by atoms with Crippen molar-refractivity contribution in [2.24, 2.45) is 0 Å². The highest BCUT2D eigenvalue weighted by molar-refractivity contribution is 5.80. The molecule has 0 N–H and O–H groups in total. The largest absolute Gasteiger partial charge is 0.342 e. The Morgan fingerprint density at radius 3 is 2.45 bits per heavy atom. The molecule has 0 saturated heterocycles. The summed E-state index contributed by atoms with van der Waals surface area (Å²) in [6, 6.07) is 10.8. The summed E-state index contributed by atoms with van der Waals surface area (Å²) in [5, 5.41) is 17.3. The number of aromatic nitrogens is 7. The number of rotatable bonds is 4. The van der Waals surface area contributed by atoms with Gasteiger partial charge in [-0.2, -0.15) is 10.2 Å². The molecule has 1 aliphatic carbocycles. The van der Waals surface area contributed by atoms with Crippen molar-refractivity contribution in [2.45, 2.75) is 58.0 Å². The van der Waals surface area contributed by atoms with E-state index in [9.17, 15) is 0 Å². The molecule has 6 rings (SSSR count). The Labute approximate surface area is 192 Å². The van der Waals surface area contributed by atoms with Gasteiger partial charge >= 0.3 is 0 Å². The van der Waals surface area contributed by atoms with Crippen molar-refractivity contribution in [3.63, 3.8) is 0 Å². The summed E-state index contributed by atoms with van der Waals surface area (Å²) in [5.41, 5.74) is 3.88. The third kappa shape index (κ3) is 3.20. The van der Waals surface area contributed by atoms with Gasteiger partial charge in [0.15, 0.2) is 17.5 Å². The van der Waals surface area contributed by atoms with E-state index < -0.39 is 0 Å². The van der Waals surface area contributed by atoms with Crippen molar-refractivity contribution in [3.05, 3.63) is 60.6 Å². The maximum atomic E-state index is 5.18. The van der Waals surface area contributed by atoms with Crippen molar-refractivity contribution < 1.29 is 0 Å². The molecule has 33 heavy (non-hydrogen) atoms. The van der Waals surface area contributed by atoms with Crippen LogP contribution in [0.1, 0.15) is 56.7 Å². The van der Waals surface area contributed by atoms with Crippen LogP contribution in [0.2, 0.25) is 0 Å². The van der Waals surface area contributed by atoms with Crippen LogP contribution in [0.3, 0.4) is 0 Å². The Bertz CT molecular complexity index is 1290. The van der Waals surface area contributed by atoms with Gasteiger partial charge in [0, 0.05) is 17.2 Å². The second-order valence-corrected chi connectivity index (χ2v) is 8.80. The van der Waals surface area contributed by atoms with E-state index in [0.29, 0.717) is 11.9 Å². The summed E-state index contributed by atoms with van der Waals surface area (Å²) < 4.78 is 2.13. The van der Waals surface area contributed by atoms with Crippen LogP contribution in [0, 0.1) is 6.92 Å². The smallest absolute Gasteiger partial charge is 0.163 e. The van der Waals surface area contributed by atoms with E-state index in [4.69, 9.17) is 9.97 Å². The average molecular weight is 439 g/mol. The molecular formula is C25H26N8. The van der Waals surface area contributed by atoms with Crippen molar-refractivity contribution in [2.75, 3.05) is 4.90 Å². The quantitative estimate of drug-likeness (QED) is 0.456. The minimum Gasteiger partial charge on any atom is -0.342 e. The molecule has 1 aliphatic heterocycles. The molecule has 8 heteroatoms. The zero-order chi connectivity index (χ0) is 22.4. The van der Waals surface area contributed by atoms with Crippen LogP contribution in [-0.4, -0.2) is 41.0 Å². The van der Waals surface area contributed by atoms with E-state index in [1.807, 2.05) is 31.3 Å². The lowest BCUT2D eigenvalue weighted by molar-refractivity contribution is 0.468. The fraction of sp³-hybridized carbons (Fsp3) is 0.360. The zero-order valence-corrected chi connectivity index (χ0v) is 18.9. The SMILES string of the molecule is CC[C@@H]1c2nnc(C)n2-c2cnc(-c3cnncc3-c3ccccc3)nc2N1C1CCCC1. The maximum absolute atomic E-state index is 5.18. The van der Waals surface area contributed by atoms with Crippen LogP contribution < -0.4 is 4.90 Å². The van der Waals surface area contributed by atoms with Gasteiger partial charge in [0.2, 0.25) is 0 Å². The molecule has 166 valence electrons. The molecule has 2 aliphatic rings. The molecule has 3 aromatic heterocycles. The van der Waals surface area contributed by atoms with E-state index in [0.717, 1.165) is 46.3 Å². The minimum atomic E-state index is 0.147. The number of nitrogens with zero attached hydrogens (tertiary/aromatic N) is 8. The Balaban J connectivity index is 1.55. The topological polar surface area (TPSA) is 85.5 Å². The third-order valence-electron chi connectivity index (χ3n) is 6.88. The predicted molar refractivity (Wildman–Crippen MR) is 126 cm³/mol. The number of hydrogen-bond acceptors (Lipinski definition) is 7. The molecule has 4 aromatic rings. The molecule has 1 atom stereocenters. The van der Waals surface area contributed by atoms with Crippen LogP contribution in [0.5, 0.6) is 0 Å². The molecular weight excluding hydrogens is 412 g/mol. The number of fused-ring (bicyclic) bond motifs is 3. The molecule has 0 spiro atoms. The van der Waals surface area contributed by atoms with Gasteiger partial charge in [0.25, 0.3) is 0 Å². The highest BCUT2D eigenvalue weighted by Crippen LogP contribution is 2.44. The Hall–Kier alpha value is -3.68. The monoisotopic (exact) mass is 438 g/mol. The Morgan fingerprint density at radius 2 is 1.70 bits per heavy atom. The lowest BCUT2D eigenvalue weighted by Crippen LogP contribution is -2.42. The number of anilines is 1. The van der Waals surface area contributed by atoms with Crippen LogP contribution in [0.15, 0.2) is 48.9 Å². The Kier molecular flexibility index (Phi) is 4.86. The van der Waals surface area contributed by atoms with Crippen molar-refractivity contribution >= 4 is 5.82 Å². The van der Waals surface area contributed by atoms with E-state index >= 15 is 0 Å². The van der Waals surface area contributed by atoms with Crippen molar-refractivity contribution in [1.82, 2.24) is 34.9 Å². The van der Waals surface area contributed by atoms with Crippen molar-refractivity contribution in [1.29, 1.82) is 0 Å². The summed E-state index contributed by atoms with van der Waals surface area (Å²) in [4.78, 5) is 12.5. The normalized spacial score (nSPS) is 17.8. The fourth-order valence-corrected chi connectivity index (χ4v) is 5.34. The lowest BCUT2D eigenvalue weighted by Gasteiger charge is -2.41. The first-order chi connectivity index (χ1) is 16.3. The third-order valence-corrected chi connectivity index (χ3v) is 6.88. The standard InChI is InChI=1S/C25H26N8/c1-3-21-25-31-30-16(2)32(25)22-15-26-23(29-24(22)33(21)18-11-7-8-12-18)20-14-28-27-13-19(20)17-9-5-4-6-10-17/h4-6,9-10,13-15,18,21H,3,7-8,11-12H2,1-2H3/t21-/m1/s1. The number of benzene rings is 1. The summed E-state index contributed by atoms with van der Waals surface area (Å²) in [6.07, 6.45) is 11.3. The van der Waals surface area contributed by atoms with E-state index in [1.165, 1.54) is 25.7 Å². The second-order valence-electron chi connectivity index (χ2n) is 8.80. The van der Waals surface area contributed by atoms with Crippen LogP contribution in [0.4, 0.5) is 5.82 Å². The first kappa shape index (κ1) is 20.0. The molecule has 4 heterocycles. The molecule has 1 saturated carbocycles. The summed E-state index contributed by atoms with van der Waals surface area (Å²) in [7, 11) is 0. The average Bonchev–Trinajstić information content (AvgIpc) is 3.54. The number of aryl methyl sites for hydroxylation is 1. The fourth-order valence-electron chi connectivity index (χ4n) is 5.34. The first-order valence-corrected chi connectivity index (χ1v) is 11.7. The molecule has 0 unspecified atom stereocenters. The summed E-state index contributed by atoms with van der Waals surface area (Å²) in [6.45, 7) is 4.21. The van der Waals surface area contributed by atoms with Crippen LogP contribution in [0.25, 0.3) is 28.2 Å². The molecule has 0 radical (unpaired) electrons. The van der Waals surface area contributed by atoms with Gasteiger partial charge in [-0.1, -0.05) is 50.1 Å². The highest BCUT2D eigenvalue weighted by Gasteiger charge is 2.39.